The summed E-state index contributed by atoms with van der Waals surface area (Å²) in [6.07, 6.45) is 15.5. The Kier molecular flexibility index (Phi) is 7.31. The van der Waals surface area contributed by atoms with Crippen LogP contribution in [0.4, 0.5) is 4.39 Å². The van der Waals surface area contributed by atoms with Crippen LogP contribution in [-0.2, 0) is 17.8 Å². The van der Waals surface area contributed by atoms with E-state index >= 15 is 0 Å². The molecule has 1 aromatic rings. The number of hydrogen-bond acceptors (Lipinski definition) is 1. The zero-order valence-electron chi connectivity index (χ0n) is 16.4. The minimum Gasteiger partial charge on any atom is -0.380 e. The molecule has 1 nitrogen and oxygen atoms in total. The van der Waals surface area contributed by atoms with E-state index in [1.54, 1.807) is 13.2 Å². The van der Waals surface area contributed by atoms with Gasteiger partial charge in [-0.15, -0.1) is 6.58 Å². The first kappa shape index (κ1) is 19.6. The van der Waals surface area contributed by atoms with Gasteiger partial charge in [0.2, 0.25) is 0 Å². The monoisotopic (exact) mass is 358 g/mol. The number of methoxy groups -OCH3 is 1. The van der Waals surface area contributed by atoms with Gasteiger partial charge in [0.15, 0.2) is 0 Å². The Hall–Kier alpha value is -1.15. The molecule has 0 atom stereocenters. The summed E-state index contributed by atoms with van der Waals surface area (Å²) in [7, 11) is 1.61. The Morgan fingerprint density at radius 2 is 1.69 bits per heavy atom. The SMILES string of the molecule is C=CC1CCC(C2CCC(CCc3ccc(COC)c(F)c3)CC2)CC1. The second-order valence-electron chi connectivity index (χ2n) is 8.59. The van der Waals surface area contributed by atoms with Crippen LogP contribution in [0.3, 0.4) is 0 Å². The van der Waals surface area contributed by atoms with Gasteiger partial charge in [0, 0.05) is 12.7 Å². The van der Waals surface area contributed by atoms with Crippen molar-refractivity contribution in [2.24, 2.45) is 23.7 Å². The molecule has 3 rings (SSSR count). The van der Waals surface area contributed by atoms with Gasteiger partial charge in [0.05, 0.1) is 6.61 Å². The minimum absolute atomic E-state index is 0.122. The van der Waals surface area contributed by atoms with Crippen LogP contribution in [0.2, 0.25) is 0 Å². The van der Waals surface area contributed by atoms with Crippen LogP contribution in [0.15, 0.2) is 30.9 Å². The largest absolute Gasteiger partial charge is 0.380 e. The van der Waals surface area contributed by atoms with Crippen molar-refractivity contribution >= 4 is 0 Å². The maximum Gasteiger partial charge on any atom is 0.128 e. The molecular weight excluding hydrogens is 323 g/mol. The summed E-state index contributed by atoms with van der Waals surface area (Å²) in [6, 6.07) is 5.66. The summed E-state index contributed by atoms with van der Waals surface area (Å²) in [5.74, 6) is 3.41. The highest BCUT2D eigenvalue weighted by Crippen LogP contribution is 2.42. The molecule has 0 N–H and O–H groups in total. The van der Waals surface area contributed by atoms with E-state index in [0.29, 0.717) is 12.2 Å². The summed E-state index contributed by atoms with van der Waals surface area (Å²) in [5, 5.41) is 0. The molecule has 2 saturated carbocycles. The zero-order valence-corrected chi connectivity index (χ0v) is 16.4. The second kappa shape index (κ2) is 9.69. The van der Waals surface area contributed by atoms with Crippen molar-refractivity contribution < 1.29 is 9.13 Å². The maximum absolute atomic E-state index is 14.0. The van der Waals surface area contributed by atoms with E-state index in [1.807, 2.05) is 6.07 Å². The Morgan fingerprint density at radius 1 is 1.04 bits per heavy atom. The highest BCUT2D eigenvalue weighted by molar-refractivity contribution is 5.24. The molecule has 0 amide bonds. The fourth-order valence-electron chi connectivity index (χ4n) is 5.19. The van der Waals surface area contributed by atoms with E-state index in [-0.39, 0.29) is 5.82 Å². The molecule has 0 heterocycles. The van der Waals surface area contributed by atoms with Crippen LogP contribution >= 0.6 is 0 Å². The lowest BCUT2D eigenvalue weighted by molar-refractivity contribution is 0.153. The normalized spacial score (nSPS) is 29.5. The van der Waals surface area contributed by atoms with Crippen molar-refractivity contribution in [2.45, 2.75) is 70.8 Å². The molecule has 2 aliphatic rings. The van der Waals surface area contributed by atoms with Crippen LogP contribution in [0.1, 0.15) is 68.9 Å². The van der Waals surface area contributed by atoms with E-state index < -0.39 is 0 Å². The third-order valence-corrected chi connectivity index (χ3v) is 6.97. The molecule has 1 aromatic carbocycles. The first-order valence-electron chi connectivity index (χ1n) is 10.6. The van der Waals surface area contributed by atoms with Crippen molar-refractivity contribution in [2.75, 3.05) is 7.11 Å². The lowest BCUT2D eigenvalue weighted by atomic mass is 9.68. The summed E-state index contributed by atoms with van der Waals surface area (Å²) < 4.78 is 19.1. The van der Waals surface area contributed by atoms with Gasteiger partial charge in [-0.3, -0.25) is 0 Å². The smallest absolute Gasteiger partial charge is 0.128 e. The van der Waals surface area contributed by atoms with E-state index in [1.165, 1.54) is 57.8 Å². The van der Waals surface area contributed by atoms with E-state index in [9.17, 15) is 4.39 Å². The van der Waals surface area contributed by atoms with Crippen LogP contribution in [0.25, 0.3) is 0 Å². The van der Waals surface area contributed by atoms with Gasteiger partial charge in [-0.1, -0.05) is 31.1 Å². The molecule has 0 saturated heterocycles. The lowest BCUT2D eigenvalue weighted by Gasteiger charge is -2.37. The first-order chi connectivity index (χ1) is 12.7. The molecule has 0 bridgehead atoms. The van der Waals surface area contributed by atoms with Crippen LogP contribution in [0.5, 0.6) is 0 Å². The second-order valence-corrected chi connectivity index (χ2v) is 8.59. The molecule has 0 unspecified atom stereocenters. The number of halogens is 1. The van der Waals surface area contributed by atoms with Crippen molar-refractivity contribution in [1.82, 2.24) is 0 Å². The predicted molar refractivity (Wildman–Crippen MR) is 107 cm³/mol. The molecule has 2 aliphatic carbocycles. The number of hydrogen-bond donors (Lipinski definition) is 0. The number of rotatable bonds is 7. The summed E-state index contributed by atoms with van der Waals surface area (Å²) in [5.41, 5.74) is 1.79. The van der Waals surface area contributed by atoms with Crippen molar-refractivity contribution in [3.8, 4) is 0 Å². The van der Waals surface area contributed by atoms with E-state index in [4.69, 9.17) is 4.74 Å². The van der Waals surface area contributed by atoms with Gasteiger partial charge < -0.3 is 4.74 Å². The molecule has 0 spiro atoms. The fourth-order valence-corrected chi connectivity index (χ4v) is 5.19. The number of ether oxygens (including phenoxy) is 1. The van der Waals surface area contributed by atoms with Crippen LogP contribution in [0, 0.1) is 29.5 Å². The molecule has 144 valence electrons. The molecule has 0 aliphatic heterocycles. The zero-order chi connectivity index (χ0) is 18.4. The minimum atomic E-state index is -0.122. The Bertz CT molecular complexity index is 566. The third-order valence-electron chi connectivity index (χ3n) is 6.97. The molecule has 0 radical (unpaired) electrons. The van der Waals surface area contributed by atoms with Crippen molar-refractivity contribution in [3.63, 3.8) is 0 Å². The third kappa shape index (κ3) is 5.19. The topological polar surface area (TPSA) is 9.23 Å². The Balaban J connectivity index is 1.40. The molecule has 26 heavy (non-hydrogen) atoms. The van der Waals surface area contributed by atoms with Gasteiger partial charge in [-0.25, -0.2) is 4.39 Å². The van der Waals surface area contributed by atoms with Crippen molar-refractivity contribution in [1.29, 1.82) is 0 Å². The lowest BCUT2D eigenvalue weighted by Crippen LogP contribution is -2.25. The van der Waals surface area contributed by atoms with Crippen molar-refractivity contribution in [3.05, 3.63) is 47.8 Å². The average molecular weight is 359 g/mol. The Labute approximate surface area is 159 Å². The van der Waals surface area contributed by atoms with Crippen LogP contribution in [-0.4, -0.2) is 7.11 Å². The first-order valence-corrected chi connectivity index (χ1v) is 10.6. The number of benzene rings is 1. The van der Waals surface area contributed by atoms with Gasteiger partial charge in [0.1, 0.15) is 5.82 Å². The average Bonchev–Trinajstić information content (AvgIpc) is 2.69. The van der Waals surface area contributed by atoms with Gasteiger partial charge in [-0.05, 0) is 86.7 Å². The van der Waals surface area contributed by atoms with Gasteiger partial charge >= 0.3 is 0 Å². The fraction of sp³-hybridized carbons (Fsp3) is 0.667. The van der Waals surface area contributed by atoms with Gasteiger partial charge in [-0.2, -0.15) is 0 Å². The maximum atomic E-state index is 14.0. The highest BCUT2D eigenvalue weighted by atomic mass is 19.1. The van der Waals surface area contributed by atoms with E-state index in [0.717, 1.165) is 35.7 Å². The molecule has 2 heteroatoms. The summed E-state index contributed by atoms with van der Waals surface area (Å²) >= 11 is 0. The molecule has 0 aromatic heterocycles. The summed E-state index contributed by atoms with van der Waals surface area (Å²) in [6.45, 7) is 4.32. The number of allylic oxidation sites excluding steroid dienone is 1. The Morgan fingerprint density at radius 3 is 2.27 bits per heavy atom. The van der Waals surface area contributed by atoms with E-state index in [2.05, 4.69) is 18.7 Å². The van der Waals surface area contributed by atoms with Gasteiger partial charge in [0.25, 0.3) is 0 Å². The van der Waals surface area contributed by atoms with Crippen LogP contribution < -0.4 is 0 Å². The highest BCUT2D eigenvalue weighted by Gasteiger charge is 2.30. The molecular formula is C24H35FO. The predicted octanol–water partition coefficient (Wildman–Crippen LogP) is 6.70. The number of aryl methyl sites for hydroxylation is 1. The quantitative estimate of drug-likeness (QED) is 0.493. The standard InChI is InChI=1S/C24H35FO/c1-3-18-6-11-21(12-7-18)22-13-8-19(9-14-22)4-5-20-10-15-23(17-26-2)24(25)16-20/h3,10,15-16,18-19,21-22H,1,4-9,11-14,17H2,2H3. The summed E-state index contributed by atoms with van der Waals surface area (Å²) in [4.78, 5) is 0. The molecule has 2 fully saturated rings.